The molecule has 5 heteroatoms. The summed E-state index contributed by atoms with van der Waals surface area (Å²) in [5.41, 5.74) is 3.05. The van der Waals surface area contributed by atoms with Crippen LogP contribution in [0.2, 0.25) is 0 Å². The molecule has 2 aromatic carbocycles. The Morgan fingerprint density at radius 3 is 2.04 bits per heavy atom. The molecule has 0 bridgehead atoms. The Hall–Kier alpha value is -1.61. The van der Waals surface area contributed by atoms with Gasteiger partial charge in [-0.2, -0.15) is 0 Å². The minimum atomic E-state index is -3.25. The summed E-state index contributed by atoms with van der Waals surface area (Å²) in [5.74, 6) is 0.317. The van der Waals surface area contributed by atoms with Gasteiger partial charge in [-0.05, 0) is 33.1 Å². The lowest BCUT2D eigenvalue weighted by Gasteiger charge is -2.28. The van der Waals surface area contributed by atoms with Crippen molar-refractivity contribution in [1.29, 1.82) is 0 Å². The van der Waals surface area contributed by atoms with Gasteiger partial charge in [0.15, 0.2) is 0 Å². The van der Waals surface area contributed by atoms with Crippen LogP contribution in [0.15, 0.2) is 42.5 Å². The Bertz CT molecular complexity index is 856. The minimum absolute atomic E-state index is 0.197. The summed E-state index contributed by atoms with van der Waals surface area (Å²) in [7, 11) is -3.25. The number of hydrogen-bond donors (Lipinski definition) is 1. The molecule has 0 spiro atoms. The molecule has 1 N–H and O–H groups in total. The van der Waals surface area contributed by atoms with Crippen LogP contribution in [0.1, 0.15) is 69.9 Å². The number of aromatic hydroxyl groups is 1. The standard InChI is InChI=1S/C23H31O4P/c1-22(2,3)18-12-16(13-19(21(18)24)23(4,5)6)15-28(25)26-14-20(27-28)17-10-8-7-9-11-17/h7-13,20,24H,14-15H2,1-6H3. The molecule has 4 nitrogen and oxygen atoms in total. The van der Waals surface area contributed by atoms with Gasteiger partial charge in [0.05, 0.1) is 12.8 Å². The topological polar surface area (TPSA) is 55.8 Å². The molecule has 0 radical (unpaired) electrons. The SMILES string of the molecule is CC(C)(C)c1cc(CP2(=O)OCC(c3ccccc3)O2)cc(C(C)(C)C)c1O. The first-order valence-electron chi connectivity index (χ1n) is 9.73. The van der Waals surface area contributed by atoms with Crippen molar-refractivity contribution >= 4 is 7.60 Å². The number of hydrogen-bond acceptors (Lipinski definition) is 4. The lowest BCUT2D eigenvalue weighted by atomic mass is 9.78. The molecule has 2 aromatic rings. The number of rotatable bonds is 3. The summed E-state index contributed by atoms with van der Waals surface area (Å²) in [6.07, 6.45) is -0.115. The van der Waals surface area contributed by atoms with Gasteiger partial charge in [0.1, 0.15) is 11.9 Å². The summed E-state index contributed by atoms with van der Waals surface area (Å²) in [6.45, 7) is 12.7. The van der Waals surface area contributed by atoms with Crippen molar-refractivity contribution < 1.29 is 18.7 Å². The molecular weight excluding hydrogens is 371 g/mol. The molecule has 1 heterocycles. The molecule has 1 aliphatic rings. The van der Waals surface area contributed by atoms with Crippen LogP contribution in [-0.4, -0.2) is 11.7 Å². The van der Waals surface area contributed by atoms with Gasteiger partial charge in [0.2, 0.25) is 0 Å². The highest BCUT2D eigenvalue weighted by Crippen LogP contribution is 2.60. The van der Waals surface area contributed by atoms with Gasteiger partial charge in [-0.15, -0.1) is 0 Å². The predicted octanol–water partition coefficient (Wildman–Crippen LogP) is 6.47. The first kappa shape index (κ1) is 21.1. The lowest BCUT2D eigenvalue weighted by Crippen LogP contribution is -2.18. The van der Waals surface area contributed by atoms with Crippen molar-refractivity contribution in [2.45, 2.75) is 64.6 Å². The van der Waals surface area contributed by atoms with E-state index in [1.807, 2.05) is 42.5 Å². The van der Waals surface area contributed by atoms with E-state index in [1.165, 1.54) is 0 Å². The maximum absolute atomic E-state index is 13.3. The fourth-order valence-electron chi connectivity index (χ4n) is 3.50. The van der Waals surface area contributed by atoms with E-state index in [1.54, 1.807) is 0 Å². The van der Waals surface area contributed by atoms with Crippen molar-refractivity contribution in [3.63, 3.8) is 0 Å². The minimum Gasteiger partial charge on any atom is -0.507 e. The van der Waals surface area contributed by atoms with E-state index >= 15 is 0 Å². The molecule has 0 amide bonds. The van der Waals surface area contributed by atoms with Gasteiger partial charge in [0, 0.05) is 0 Å². The zero-order chi connectivity index (χ0) is 20.7. The van der Waals surface area contributed by atoms with Crippen LogP contribution in [0.5, 0.6) is 5.75 Å². The summed E-state index contributed by atoms with van der Waals surface area (Å²) in [6, 6.07) is 13.6. The van der Waals surface area contributed by atoms with Gasteiger partial charge in [0.25, 0.3) is 0 Å². The summed E-state index contributed by atoms with van der Waals surface area (Å²) in [5, 5.41) is 10.9. The number of benzene rings is 2. The van der Waals surface area contributed by atoms with Crippen LogP contribution in [0.3, 0.4) is 0 Å². The van der Waals surface area contributed by atoms with Crippen LogP contribution >= 0.6 is 7.60 Å². The third kappa shape index (κ3) is 4.51. The van der Waals surface area contributed by atoms with E-state index in [9.17, 15) is 9.67 Å². The average Bonchev–Trinajstić information content (AvgIpc) is 2.97. The molecule has 1 aliphatic heterocycles. The van der Waals surface area contributed by atoms with Gasteiger partial charge in [-0.1, -0.05) is 84.0 Å². The van der Waals surface area contributed by atoms with E-state index in [0.29, 0.717) is 5.75 Å². The smallest absolute Gasteiger partial charge is 0.335 e. The lowest BCUT2D eigenvalue weighted by molar-refractivity contribution is 0.240. The molecule has 3 rings (SSSR count). The maximum Gasteiger partial charge on any atom is 0.335 e. The quantitative estimate of drug-likeness (QED) is 0.598. The van der Waals surface area contributed by atoms with E-state index in [-0.39, 0.29) is 29.7 Å². The van der Waals surface area contributed by atoms with E-state index in [2.05, 4.69) is 41.5 Å². The second-order valence-corrected chi connectivity index (χ2v) is 11.6. The van der Waals surface area contributed by atoms with Crippen molar-refractivity contribution in [1.82, 2.24) is 0 Å². The Morgan fingerprint density at radius 2 is 1.54 bits per heavy atom. The summed E-state index contributed by atoms with van der Waals surface area (Å²) in [4.78, 5) is 0. The summed E-state index contributed by atoms with van der Waals surface area (Å²) >= 11 is 0. The monoisotopic (exact) mass is 402 g/mol. The first-order chi connectivity index (χ1) is 12.9. The molecule has 1 saturated heterocycles. The van der Waals surface area contributed by atoms with Gasteiger partial charge in [-0.25, -0.2) is 0 Å². The average molecular weight is 402 g/mol. The van der Waals surface area contributed by atoms with Gasteiger partial charge < -0.3 is 9.63 Å². The van der Waals surface area contributed by atoms with Crippen LogP contribution in [0, 0.1) is 0 Å². The molecular formula is C23H31O4P. The largest absolute Gasteiger partial charge is 0.507 e. The van der Waals surface area contributed by atoms with Crippen LogP contribution < -0.4 is 0 Å². The predicted molar refractivity (Wildman–Crippen MR) is 113 cm³/mol. The molecule has 1 fully saturated rings. The van der Waals surface area contributed by atoms with Crippen molar-refractivity contribution in [3.05, 3.63) is 64.7 Å². The highest BCUT2D eigenvalue weighted by Gasteiger charge is 2.38. The van der Waals surface area contributed by atoms with Crippen molar-refractivity contribution in [2.24, 2.45) is 0 Å². The van der Waals surface area contributed by atoms with E-state index < -0.39 is 7.60 Å². The molecule has 0 aliphatic carbocycles. The Morgan fingerprint density at radius 1 is 1.00 bits per heavy atom. The summed E-state index contributed by atoms with van der Waals surface area (Å²) < 4.78 is 24.8. The third-order valence-electron chi connectivity index (χ3n) is 5.04. The highest BCUT2D eigenvalue weighted by molar-refractivity contribution is 7.53. The van der Waals surface area contributed by atoms with Crippen molar-refractivity contribution in [2.75, 3.05) is 6.61 Å². The molecule has 2 atom stereocenters. The Labute approximate surface area is 168 Å². The van der Waals surface area contributed by atoms with E-state index in [4.69, 9.17) is 9.05 Å². The fourth-order valence-corrected chi connectivity index (χ4v) is 5.29. The number of phenolic OH excluding ortho intramolecular Hbond substituents is 1. The molecule has 28 heavy (non-hydrogen) atoms. The molecule has 152 valence electrons. The fraction of sp³-hybridized carbons (Fsp3) is 0.478. The van der Waals surface area contributed by atoms with Crippen LogP contribution in [-0.2, 0) is 30.6 Å². The van der Waals surface area contributed by atoms with E-state index in [0.717, 1.165) is 22.3 Å². The zero-order valence-corrected chi connectivity index (χ0v) is 18.5. The third-order valence-corrected chi connectivity index (χ3v) is 6.91. The Kier molecular flexibility index (Phi) is 5.53. The highest BCUT2D eigenvalue weighted by atomic mass is 31.2. The van der Waals surface area contributed by atoms with Crippen LogP contribution in [0.4, 0.5) is 0 Å². The maximum atomic E-state index is 13.3. The van der Waals surface area contributed by atoms with Gasteiger partial charge >= 0.3 is 7.60 Å². The zero-order valence-electron chi connectivity index (χ0n) is 17.7. The second kappa shape index (κ2) is 7.33. The Balaban J connectivity index is 1.93. The molecule has 0 saturated carbocycles. The van der Waals surface area contributed by atoms with Crippen molar-refractivity contribution in [3.8, 4) is 5.75 Å². The number of phenols is 1. The van der Waals surface area contributed by atoms with Crippen LogP contribution in [0.25, 0.3) is 0 Å². The molecule has 0 aromatic heterocycles. The first-order valence-corrected chi connectivity index (χ1v) is 11.5. The second-order valence-electron chi connectivity index (χ2n) is 9.61. The molecule has 2 unspecified atom stereocenters. The van der Waals surface area contributed by atoms with Gasteiger partial charge in [-0.3, -0.25) is 9.09 Å². The normalized spacial score (nSPS) is 23.1.